The number of fused-ring (bicyclic) bond motifs is 1. The third-order valence-electron chi connectivity index (χ3n) is 3.29. The summed E-state index contributed by atoms with van der Waals surface area (Å²) in [4.78, 5) is 0. The van der Waals surface area contributed by atoms with Crippen molar-refractivity contribution in [2.24, 2.45) is 0 Å². The molecule has 0 unspecified atom stereocenters. The van der Waals surface area contributed by atoms with Gasteiger partial charge in [0.05, 0.1) is 5.56 Å². The Hall–Kier alpha value is -2.35. The molecule has 0 amide bonds. The first kappa shape index (κ1) is 10.8. The van der Waals surface area contributed by atoms with Crippen LogP contribution in [0.15, 0.2) is 18.2 Å². The van der Waals surface area contributed by atoms with Gasteiger partial charge in [-0.2, -0.15) is 5.26 Å². The minimum Gasteiger partial charge on any atom is -0.398 e. The topological polar surface area (TPSA) is 80.5 Å². The van der Waals surface area contributed by atoms with Gasteiger partial charge in [0.25, 0.3) is 0 Å². The first-order valence-electron chi connectivity index (χ1n) is 5.97. The van der Waals surface area contributed by atoms with Crippen molar-refractivity contribution in [3.05, 3.63) is 41.0 Å². The molecule has 2 heterocycles. The third kappa shape index (κ3) is 1.72. The Labute approximate surface area is 105 Å². The van der Waals surface area contributed by atoms with Gasteiger partial charge in [-0.3, -0.25) is 0 Å². The van der Waals surface area contributed by atoms with E-state index in [9.17, 15) is 0 Å². The summed E-state index contributed by atoms with van der Waals surface area (Å²) >= 11 is 0. The van der Waals surface area contributed by atoms with Gasteiger partial charge in [-0.1, -0.05) is 6.07 Å². The number of nitrogens with two attached hydrogens (primary N) is 1. The van der Waals surface area contributed by atoms with Gasteiger partial charge in [-0.25, -0.2) is 0 Å². The van der Waals surface area contributed by atoms with Crippen LogP contribution < -0.4 is 5.73 Å². The second kappa shape index (κ2) is 4.15. The molecule has 18 heavy (non-hydrogen) atoms. The first-order valence-corrected chi connectivity index (χ1v) is 5.97. The molecule has 0 fully saturated rings. The highest BCUT2D eigenvalue weighted by atomic mass is 15.3. The molecule has 90 valence electrons. The number of benzene rings is 1. The maximum atomic E-state index is 8.96. The Morgan fingerprint density at radius 3 is 3.11 bits per heavy atom. The second-order valence-corrected chi connectivity index (χ2v) is 4.50. The van der Waals surface area contributed by atoms with Gasteiger partial charge in [-0.15, -0.1) is 10.2 Å². The van der Waals surface area contributed by atoms with Crippen LogP contribution in [0.2, 0.25) is 0 Å². The maximum Gasteiger partial charge on any atom is 0.137 e. The van der Waals surface area contributed by atoms with E-state index < -0.39 is 0 Å². The fraction of sp³-hybridized carbons (Fsp3) is 0.308. The number of nitriles is 1. The molecule has 0 saturated carbocycles. The van der Waals surface area contributed by atoms with Gasteiger partial charge in [0.2, 0.25) is 0 Å². The third-order valence-corrected chi connectivity index (χ3v) is 3.29. The van der Waals surface area contributed by atoms with Crippen molar-refractivity contribution < 1.29 is 0 Å². The molecule has 0 bridgehead atoms. The van der Waals surface area contributed by atoms with Crippen LogP contribution in [0.5, 0.6) is 0 Å². The molecule has 0 saturated heterocycles. The zero-order chi connectivity index (χ0) is 12.5. The van der Waals surface area contributed by atoms with E-state index in [1.807, 2.05) is 12.1 Å². The molecule has 0 spiro atoms. The summed E-state index contributed by atoms with van der Waals surface area (Å²) < 4.78 is 2.17. The average molecular weight is 239 g/mol. The number of nitrogens with zero attached hydrogens (tertiary/aromatic N) is 4. The SMILES string of the molecule is N#Cc1cc(Cc2nnc3n2CCC3)ccc1N. The van der Waals surface area contributed by atoms with Crippen LogP contribution >= 0.6 is 0 Å². The molecule has 0 radical (unpaired) electrons. The molecular formula is C13H13N5. The Kier molecular flexibility index (Phi) is 2.49. The molecule has 2 aromatic rings. The smallest absolute Gasteiger partial charge is 0.137 e. The van der Waals surface area contributed by atoms with Gasteiger partial charge in [0, 0.05) is 25.1 Å². The van der Waals surface area contributed by atoms with Crippen LogP contribution in [0.3, 0.4) is 0 Å². The number of anilines is 1. The monoisotopic (exact) mass is 239 g/mol. The highest BCUT2D eigenvalue weighted by Gasteiger charge is 2.17. The van der Waals surface area contributed by atoms with Crippen LogP contribution in [0.4, 0.5) is 5.69 Å². The summed E-state index contributed by atoms with van der Waals surface area (Å²) in [6.45, 7) is 0.998. The van der Waals surface area contributed by atoms with Crippen molar-refractivity contribution in [2.75, 3.05) is 5.73 Å². The number of hydrogen-bond acceptors (Lipinski definition) is 4. The number of aromatic nitrogens is 3. The average Bonchev–Trinajstić information content (AvgIpc) is 2.96. The minimum atomic E-state index is 0.521. The number of aryl methyl sites for hydroxylation is 1. The van der Waals surface area contributed by atoms with E-state index in [0.717, 1.165) is 36.6 Å². The van der Waals surface area contributed by atoms with E-state index in [4.69, 9.17) is 11.0 Å². The van der Waals surface area contributed by atoms with Crippen LogP contribution in [0, 0.1) is 11.3 Å². The summed E-state index contributed by atoms with van der Waals surface area (Å²) in [5.41, 5.74) is 7.80. The molecule has 1 aliphatic rings. The first-order chi connectivity index (χ1) is 8.78. The Bertz CT molecular complexity index is 635. The predicted molar refractivity (Wildman–Crippen MR) is 66.7 cm³/mol. The highest BCUT2D eigenvalue weighted by molar-refractivity contribution is 5.55. The molecule has 2 N–H and O–H groups in total. The molecule has 1 aliphatic heterocycles. The van der Waals surface area contributed by atoms with Crippen molar-refractivity contribution >= 4 is 5.69 Å². The molecule has 1 aromatic heterocycles. The van der Waals surface area contributed by atoms with Crippen molar-refractivity contribution in [3.63, 3.8) is 0 Å². The molecule has 0 atom stereocenters. The second-order valence-electron chi connectivity index (χ2n) is 4.50. The largest absolute Gasteiger partial charge is 0.398 e. The lowest BCUT2D eigenvalue weighted by Crippen LogP contribution is -2.02. The normalized spacial score (nSPS) is 13.3. The van der Waals surface area contributed by atoms with Gasteiger partial charge < -0.3 is 10.3 Å². The van der Waals surface area contributed by atoms with Gasteiger partial charge >= 0.3 is 0 Å². The standard InChI is InChI=1S/C13H13N5/c14-8-10-6-9(3-4-11(10)15)7-13-17-16-12-2-1-5-18(12)13/h3-4,6H,1-2,5,7,15H2. The fourth-order valence-corrected chi connectivity index (χ4v) is 2.33. The molecule has 0 aliphatic carbocycles. The van der Waals surface area contributed by atoms with E-state index >= 15 is 0 Å². The van der Waals surface area contributed by atoms with Crippen molar-refractivity contribution in [3.8, 4) is 6.07 Å². The lowest BCUT2D eigenvalue weighted by molar-refractivity contribution is 0.700. The van der Waals surface area contributed by atoms with Crippen LogP contribution in [0.25, 0.3) is 0 Å². The molecule has 5 heteroatoms. The summed E-state index contributed by atoms with van der Waals surface area (Å²) in [6.07, 6.45) is 2.85. The Morgan fingerprint density at radius 1 is 1.39 bits per heavy atom. The Morgan fingerprint density at radius 2 is 2.28 bits per heavy atom. The molecular weight excluding hydrogens is 226 g/mol. The summed E-state index contributed by atoms with van der Waals surface area (Å²) in [5.74, 6) is 2.04. The van der Waals surface area contributed by atoms with Crippen LogP contribution in [-0.4, -0.2) is 14.8 Å². The van der Waals surface area contributed by atoms with Crippen molar-refractivity contribution in [1.29, 1.82) is 5.26 Å². The van der Waals surface area contributed by atoms with Gasteiger partial charge in [0.15, 0.2) is 0 Å². The minimum absolute atomic E-state index is 0.521. The van der Waals surface area contributed by atoms with Crippen molar-refractivity contribution in [2.45, 2.75) is 25.8 Å². The molecule has 1 aromatic carbocycles. The zero-order valence-electron chi connectivity index (χ0n) is 9.93. The lowest BCUT2D eigenvalue weighted by atomic mass is 10.1. The predicted octanol–water partition coefficient (Wildman–Crippen LogP) is 1.27. The van der Waals surface area contributed by atoms with E-state index in [2.05, 4.69) is 20.8 Å². The zero-order valence-corrected chi connectivity index (χ0v) is 9.93. The van der Waals surface area contributed by atoms with E-state index in [1.54, 1.807) is 6.07 Å². The van der Waals surface area contributed by atoms with E-state index in [0.29, 0.717) is 17.7 Å². The maximum absolute atomic E-state index is 8.96. The van der Waals surface area contributed by atoms with Crippen molar-refractivity contribution in [1.82, 2.24) is 14.8 Å². The van der Waals surface area contributed by atoms with Gasteiger partial charge in [-0.05, 0) is 24.1 Å². The fourth-order valence-electron chi connectivity index (χ4n) is 2.33. The van der Waals surface area contributed by atoms with Crippen LogP contribution in [0.1, 0.15) is 29.2 Å². The van der Waals surface area contributed by atoms with Gasteiger partial charge in [0.1, 0.15) is 17.7 Å². The number of rotatable bonds is 2. The molecule has 5 nitrogen and oxygen atoms in total. The summed E-state index contributed by atoms with van der Waals surface area (Å²) in [5, 5.41) is 17.3. The lowest BCUT2D eigenvalue weighted by Gasteiger charge is -2.04. The molecule has 3 rings (SSSR count). The summed E-state index contributed by atoms with van der Waals surface area (Å²) in [7, 11) is 0. The number of nitrogen functional groups attached to an aromatic ring is 1. The summed E-state index contributed by atoms with van der Waals surface area (Å²) in [6, 6.07) is 7.64. The highest BCUT2D eigenvalue weighted by Crippen LogP contribution is 2.19. The van der Waals surface area contributed by atoms with E-state index in [1.165, 1.54) is 0 Å². The quantitative estimate of drug-likeness (QED) is 0.800. The van der Waals surface area contributed by atoms with Crippen LogP contribution in [-0.2, 0) is 19.4 Å². The number of hydrogen-bond donors (Lipinski definition) is 1. The Balaban J connectivity index is 1.91. The van der Waals surface area contributed by atoms with E-state index in [-0.39, 0.29) is 0 Å².